The third-order valence-corrected chi connectivity index (χ3v) is 7.89. The minimum atomic E-state index is -0.439. The summed E-state index contributed by atoms with van der Waals surface area (Å²) in [5.41, 5.74) is 4.46. The minimum absolute atomic E-state index is 0.0559. The van der Waals surface area contributed by atoms with E-state index in [9.17, 15) is 14.7 Å². The number of benzene rings is 1. The smallest absolute Gasteiger partial charge is 0.264 e. The Bertz CT molecular complexity index is 1430. The average Bonchev–Trinajstić information content (AvgIpc) is 3.20. The van der Waals surface area contributed by atoms with E-state index in [1.807, 2.05) is 35.8 Å². The normalized spacial score (nSPS) is 18.2. The van der Waals surface area contributed by atoms with Crippen LogP contribution in [0.3, 0.4) is 0 Å². The maximum atomic E-state index is 12.9. The highest BCUT2D eigenvalue weighted by Gasteiger charge is 2.27. The van der Waals surface area contributed by atoms with Crippen LogP contribution in [0.1, 0.15) is 45.8 Å². The van der Waals surface area contributed by atoms with Gasteiger partial charge in [-0.3, -0.25) is 19.1 Å². The zero-order chi connectivity index (χ0) is 23.4. The van der Waals surface area contributed by atoms with Crippen LogP contribution < -0.4 is 5.32 Å². The van der Waals surface area contributed by atoms with Gasteiger partial charge < -0.3 is 15.3 Å². The fourth-order valence-electron chi connectivity index (χ4n) is 4.80. The van der Waals surface area contributed by atoms with Gasteiger partial charge >= 0.3 is 0 Å². The summed E-state index contributed by atoms with van der Waals surface area (Å²) in [5, 5.41) is 14.3. The molecule has 4 aromatic rings. The van der Waals surface area contributed by atoms with Crippen molar-refractivity contribution in [3.05, 3.63) is 53.2 Å². The zero-order valence-electron chi connectivity index (χ0n) is 19.0. The van der Waals surface area contributed by atoms with Gasteiger partial charge in [-0.15, -0.1) is 11.3 Å². The van der Waals surface area contributed by atoms with E-state index < -0.39 is 6.10 Å². The number of hydrogen-bond donors (Lipinski definition) is 2. The number of rotatable bonds is 5. The molecule has 6 rings (SSSR count). The van der Waals surface area contributed by atoms with Crippen LogP contribution in [0.15, 0.2) is 42.6 Å². The number of likely N-dealkylation sites (tertiary alicyclic amines) is 1. The summed E-state index contributed by atoms with van der Waals surface area (Å²) in [4.78, 5) is 32.4. The first-order valence-corrected chi connectivity index (χ1v) is 12.6. The Labute approximate surface area is 201 Å². The van der Waals surface area contributed by atoms with Crippen molar-refractivity contribution in [2.24, 2.45) is 5.92 Å². The van der Waals surface area contributed by atoms with Crippen LogP contribution in [0.25, 0.3) is 21.1 Å². The number of aliphatic hydroxyl groups is 1. The molecule has 2 aliphatic rings. The van der Waals surface area contributed by atoms with Gasteiger partial charge in [0.25, 0.3) is 5.91 Å². The van der Waals surface area contributed by atoms with Crippen LogP contribution >= 0.6 is 11.3 Å². The third-order valence-electron chi connectivity index (χ3n) is 6.75. The number of aryl methyl sites for hydroxylation is 1. The van der Waals surface area contributed by atoms with E-state index in [2.05, 4.69) is 22.4 Å². The van der Waals surface area contributed by atoms with Gasteiger partial charge in [0.15, 0.2) is 0 Å². The Balaban J connectivity index is 1.28. The number of aromatic nitrogens is 2. The van der Waals surface area contributed by atoms with Gasteiger partial charge in [0.1, 0.15) is 0 Å². The van der Waals surface area contributed by atoms with Gasteiger partial charge in [0.05, 0.1) is 32.4 Å². The third kappa shape index (κ3) is 3.86. The Hall–Kier alpha value is -3.23. The van der Waals surface area contributed by atoms with Gasteiger partial charge in [0, 0.05) is 42.5 Å². The number of carbonyl (C=O) groups is 2. The van der Waals surface area contributed by atoms with Gasteiger partial charge in [0.2, 0.25) is 5.91 Å². The second-order valence-electron chi connectivity index (χ2n) is 9.44. The number of carbonyl (C=O) groups excluding carboxylic acids is 2. The number of amides is 1. The van der Waals surface area contributed by atoms with Crippen molar-refractivity contribution >= 4 is 55.6 Å². The highest BCUT2D eigenvalue weighted by molar-refractivity contribution is 7.21. The number of pyridine rings is 1. The molecule has 4 heterocycles. The van der Waals surface area contributed by atoms with E-state index in [0.29, 0.717) is 36.7 Å². The van der Waals surface area contributed by atoms with Crippen LogP contribution in [0.4, 0.5) is 11.4 Å². The quantitative estimate of drug-likeness (QED) is 0.427. The van der Waals surface area contributed by atoms with Crippen molar-refractivity contribution in [3.63, 3.8) is 0 Å². The molecule has 2 N–H and O–H groups in total. The Morgan fingerprint density at radius 3 is 2.79 bits per heavy atom. The predicted molar refractivity (Wildman–Crippen MR) is 134 cm³/mol. The molecule has 0 radical (unpaired) electrons. The molecule has 1 amide bonds. The molecule has 1 saturated heterocycles. The first kappa shape index (κ1) is 21.3. The second kappa shape index (κ2) is 8.21. The molecular formula is C26H26N4O3S. The number of aliphatic hydroxyl groups excluding tert-OH is 1. The van der Waals surface area contributed by atoms with E-state index in [-0.39, 0.29) is 11.8 Å². The van der Waals surface area contributed by atoms with Crippen LogP contribution in [-0.2, 0) is 0 Å². The van der Waals surface area contributed by atoms with Gasteiger partial charge in [-0.25, -0.2) is 0 Å². The van der Waals surface area contributed by atoms with Crippen molar-refractivity contribution < 1.29 is 14.7 Å². The van der Waals surface area contributed by atoms with Crippen molar-refractivity contribution in [1.29, 1.82) is 0 Å². The average molecular weight is 475 g/mol. The molecule has 2 fully saturated rings. The summed E-state index contributed by atoms with van der Waals surface area (Å²) in [6.45, 7) is 2.94. The van der Waals surface area contributed by atoms with Crippen LogP contribution in [0.2, 0.25) is 0 Å². The monoisotopic (exact) mass is 474 g/mol. The van der Waals surface area contributed by atoms with E-state index in [1.165, 1.54) is 11.3 Å². The van der Waals surface area contributed by atoms with Crippen LogP contribution in [0.5, 0.6) is 0 Å². The lowest BCUT2D eigenvalue weighted by Crippen LogP contribution is -2.28. The Kier molecular flexibility index (Phi) is 5.15. The summed E-state index contributed by atoms with van der Waals surface area (Å²) in [6.07, 6.45) is 4.86. The number of hydrogen-bond acceptors (Lipinski definition) is 6. The molecule has 1 aliphatic heterocycles. The fourth-order valence-corrected chi connectivity index (χ4v) is 5.85. The molecular weight excluding hydrogens is 448 g/mol. The molecule has 0 spiro atoms. The molecule has 1 aliphatic carbocycles. The molecule has 7 nitrogen and oxygen atoms in total. The summed E-state index contributed by atoms with van der Waals surface area (Å²) in [7, 11) is 0. The lowest BCUT2D eigenvalue weighted by molar-refractivity contribution is 0.0769. The number of β-amino-alcohol motifs (C(OH)–C–C–N with tert-alkyl or cyclic N) is 1. The van der Waals surface area contributed by atoms with E-state index in [0.717, 1.165) is 51.0 Å². The number of thiophene rings is 1. The lowest BCUT2D eigenvalue weighted by Gasteiger charge is -2.13. The second-order valence-corrected chi connectivity index (χ2v) is 10.5. The highest BCUT2D eigenvalue weighted by atomic mass is 32.1. The molecule has 0 bridgehead atoms. The first-order valence-electron chi connectivity index (χ1n) is 11.7. The molecule has 0 unspecified atom stereocenters. The lowest BCUT2D eigenvalue weighted by atomic mass is 10.2. The molecule has 3 aromatic heterocycles. The van der Waals surface area contributed by atoms with Crippen molar-refractivity contribution in [1.82, 2.24) is 14.5 Å². The number of fused-ring (bicyclic) bond motifs is 2. The number of nitrogens with zero attached hydrogens (tertiary/aromatic N) is 3. The van der Waals surface area contributed by atoms with Gasteiger partial charge in [-0.1, -0.05) is 0 Å². The minimum Gasteiger partial charge on any atom is -0.391 e. The SMILES string of the molecule is Cc1cc2cc(Nc3ccnc4cc(C(=O)N5CC[C@H](O)C5)sc34)ccc2n1C(=O)CC1CC1. The molecule has 1 atom stereocenters. The maximum Gasteiger partial charge on any atom is 0.264 e. The van der Waals surface area contributed by atoms with Crippen molar-refractivity contribution in [2.75, 3.05) is 18.4 Å². The largest absolute Gasteiger partial charge is 0.391 e. The Morgan fingerprint density at radius 1 is 1.18 bits per heavy atom. The van der Waals surface area contributed by atoms with Crippen LogP contribution in [0, 0.1) is 12.8 Å². The first-order chi connectivity index (χ1) is 16.5. The highest BCUT2D eigenvalue weighted by Crippen LogP contribution is 2.36. The molecule has 1 aromatic carbocycles. The van der Waals surface area contributed by atoms with Crippen LogP contribution in [-0.4, -0.2) is 50.6 Å². The standard InChI is InChI=1S/C26H26N4O3S/c1-15-10-17-12-18(4-5-22(17)30(15)24(32)11-16-2-3-16)28-20-6-8-27-21-13-23(34-25(20)21)26(33)29-9-7-19(31)14-29/h4-6,8,10,12-13,16,19,31H,2-3,7,9,11,14H2,1H3,(H,27,28)/t19-/m0/s1. The summed E-state index contributed by atoms with van der Waals surface area (Å²) in [6, 6.07) is 11.8. The fraction of sp³-hybridized carbons (Fsp3) is 0.346. The molecule has 1 saturated carbocycles. The number of nitrogens with one attached hydrogen (secondary N) is 1. The van der Waals surface area contributed by atoms with E-state index in [1.54, 1.807) is 11.1 Å². The molecule has 8 heteroatoms. The maximum absolute atomic E-state index is 12.9. The zero-order valence-corrected chi connectivity index (χ0v) is 19.8. The van der Waals surface area contributed by atoms with Crippen molar-refractivity contribution in [2.45, 2.75) is 38.7 Å². The van der Waals surface area contributed by atoms with E-state index >= 15 is 0 Å². The summed E-state index contributed by atoms with van der Waals surface area (Å²) < 4.78 is 2.76. The molecule has 174 valence electrons. The van der Waals surface area contributed by atoms with Gasteiger partial charge in [-0.2, -0.15) is 0 Å². The topological polar surface area (TPSA) is 87.5 Å². The Morgan fingerprint density at radius 2 is 2.03 bits per heavy atom. The summed E-state index contributed by atoms with van der Waals surface area (Å²) in [5.74, 6) is 0.671. The van der Waals surface area contributed by atoms with E-state index in [4.69, 9.17) is 0 Å². The molecule has 34 heavy (non-hydrogen) atoms. The van der Waals surface area contributed by atoms with Gasteiger partial charge in [-0.05, 0) is 68.5 Å². The van der Waals surface area contributed by atoms with Crippen molar-refractivity contribution in [3.8, 4) is 0 Å². The number of anilines is 2. The summed E-state index contributed by atoms with van der Waals surface area (Å²) >= 11 is 1.42. The predicted octanol–water partition coefficient (Wildman–Crippen LogP) is 4.95.